The highest BCUT2D eigenvalue weighted by molar-refractivity contribution is 5.67. The molecule has 0 atom stereocenters. The SMILES string of the molecule is COC(=O)NC1CCC(C=CCO)CC1. The number of hydrogen-bond acceptors (Lipinski definition) is 3. The number of aliphatic hydroxyl groups excluding tert-OH is 1. The lowest BCUT2D eigenvalue weighted by Gasteiger charge is -2.26. The Morgan fingerprint density at radius 1 is 1.47 bits per heavy atom. The van der Waals surface area contributed by atoms with Crippen LogP contribution >= 0.6 is 0 Å². The highest BCUT2D eigenvalue weighted by Crippen LogP contribution is 2.25. The van der Waals surface area contributed by atoms with Crippen LogP contribution in [0.5, 0.6) is 0 Å². The van der Waals surface area contributed by atoms with Gasteiger partial charge in [0.05, 0.1) is 13.7 Å². The van der Waals surface area contributed by atoms with Gasteiger partial charge in [-0.2, -0.15) is 0 Å². The molecule has 0 saturated heterocycles. The molecule has 4 heteroatoms. The first-order valence-corrected chi connectivity index (χ1v) is 5.38. The van der Waals surface area contributed by atoms with Gasteiger partial charge >= 0.3 is 6.09 Å². The van der Waals surface area contributed by atoms with Gasteiger partial charge in [-0.15, -0.1) is 0 Å². The normalized spacial score (nSPS) is 26.5. The minimum Gasteiger partial charge on any atom is -0.453 e. The number of amides is 1. The Bertz CT molecular complexity index is 220. The first kappa shape index (κ1) is 12.0. The van der Waals surface area contributed by atoms with E-state index < -0.39 is 0 Å². The Morgan fingerprint density at radius 2 is 2.13 bits per heavy atom. The van der Waals surface area contributed by atoms with Crippen molar-refractivity contribution < 1.29 is 14.6 Å². The second-order valence-electron chi connectivity index (χ2n) is 3.86. The van der Waals surface area contributed by atoms with E-state index in [9.17, 15) is 4.79 Å². The summed E-state index contributed by atoms with van der Waals surface area (Å²) in [4.78, 5) is 11.0. The molecule has 0 heterocycles. The number of carbonyl (C=O) groups excluding carboxylic acids is 1. The van der Waals surface area contributed by atoms with Crippen LogP contribution < -0.4 is 5.32 Å². The Hall–Kier alpha value is -1.03. The van der Waals surface area contributed by atoms with E-state index in [0.717, 1.165) is 25.7 Å². The second-order valence-corrected chi connectivity index (χ2v) is 3.86. The molecule has 0 bridgehead atoms. The van der Waals surface area contributed by atoms with E-state index in [-0.39, 0.29) is 18.7 Å². The summed E-state index contributed by atoms with van der Waals surface area (Å²) in [5.41, 5.74) is 0. The molecular weight excluding hydrogens is 194 g/mol. The van der Waals surface area contributed by atoms with Crippen molar-refractivity contribution in [2.24, 2.45) is 5.92 Å². The fourth-order valence-electron chi connectivity index (χ4n) is 1.93. The van der Waals surface area contributed by atoms with Gasteiger partial charge in [0, 0.05) is 6.04 Å². The molecule has 1 rings (SSSR count). The molecule has 1 amide bonds. The third-order valence-corrected chi connectivity index (χ3v) is 2.79. The fourth-order valence-corrected chi connectivity index (χ4v) is 1.93. The fraction of sp³-hybridized carbons (Fsp3) is 0.727. The van der Waals surface area contributed by atoms with Crippen LogP contribution in [0.3, 0.4) is 0 Å². The van der Waals surface area contributed by atoms with Crippen LogP contribution in [-0.2, 0) is 4.74 Å². The zero-order valence-corrected chi connectivity index (χ0v) is 9.11. The topological polar surface area (TPSA) is 58.6 Å². The van der Waals surface area contributed by atoms with Gasteiger partial charge in [0.2, 0.25) is 0 Å². The third kappa shape index (κ3) is 4.34. The lowest BCUT2D eigenvalue weighted by Crippen LogP contribution is -2.37. The van der Waals surface area contributed by atoms with Crippen molar-refractivity contribution in [3.8, 4) is 0 Å². The predicted octanol–water partition coefficient (Wildman–Crippen LogP) is 1.45. The van der Waals surface area contributed by atoms with Crippen LogP contribution in [-0.4, -0.2) is 31.0 Å². The van der Waals surface area contributed by atoms with Crippen molar-refractivity contribution in [2.45, 2.75) is 31.7 Å². The second kappa shape index (κ2) is 6.45. The zero-order chi connectivity index (χ0) is 11.1. The summed E-state index contributed by atoms with van der Waals surface area (Å²) < 4.78 is 4.55. The van der Waals surface area contributed by atoms with Crippen molar-refractivity contribution in [3.05, 3.63) is 12.2 Å². The maximum Gasteiger partial charge on any atom is 0.407 e. The monoisotopic (exact) mass is 213 g/mol. The molecular formula is C11H19NO3. The van der Waals surface area contributed by atoms with Crippen molar-refractivity contribution in [1.29, 1.82) is 0 Å². The lowest BCUT2D eigenvalue weighted by atomic mass is 9.86. The van der Waals surface area contributed by atoms with Gasteiger partial charge in [-0.05, 0) is 31.6 Å². The number of methoxy groups -OCH3 is 1. The number of nitrogens with one attached hydrogen (secondary N) is 1. The molecule has 0 unspecified atom stereocenters. The smallest absolute Gasteiger partial charge is 0.407 e. The maximum absolute atomic E-state index is 11.0. The van der Waals surface area contributed by atoms with E-state index in [1.54, 1.807) is 6.08 Å². The van der Waals surface area contributed by atoms with E-state index in [1.165, 1.54) is 7.11 Å². The van der Waals surface area contributed by atoms with Crippen LogP contribution in [0.1, 0.15) is 25.7 Å². The molecule has 1 aliphatic carbocycles. The summed E-state index contributed by atoms with van der Waals surface area (Å²) in [5.74, 6) is 0.549. The summed E-state index contributed by atoms with van der Waals surface area (Å²) in [6.45, 7) is 0.111. The van der Waals surface area contributed by atoms with Crippen molar-refractivity contribution in [1.82, 2.24) is 5.32 Å². The molecule has 0 spiro atoms. The molecule has 1 aliphatic rings. The van der Waals surface area contributed by atoms with Gasteiger partial charge < -0.3 is 15.2 Å². The quantitative estimate of drug-likeness (QED) is 0.698. The summed E-state index contributed by atoms with van der Waals surface area (Å²) in [6.07, 6.45) is 7.60. The number of rotatable bonds is 3. The Kier molecular flexibility index (Phi) is 5.18. The van der Waals surface area contributed by atoms with Crippen LogP contribution in [0.15, 0.2) is 12.2 Å². The van der Waals surface area contributed by atoms with E-state index in [0.29, 0.717) is 5.92 Å². The number of ether oxygens (including phenoxy) is 1. The molecule has 2 N–H and O–H groups in total. The minimum atomic E-state index is -0.343. The van der Waals surface area contributed by atoms with E-state index in [2.05, 4.69) is 16.1 Å². The number of allylic oxidation sites excluding steroid dienone is 1. The molecule has 0 aromatic heterocycles. The van der Waals surface area contributed by atoms with Crippen LogP contribution in [0, 0.1) is 5.92 Å². The summed E-state index contributed by atoms with van der Waals surface area (Å²) in [6, 6.07) is 0.247. The van der Waals surface area contributed by atoms with Gasteiger partial charge in [-0.3, -0.25) is 0 Å². The Labute approximate surface area is 90.3 Å². The van der Waals surface area contributed by atoms with Gasteiger partial charge in [-0.1, -0.05) is 12.2 Å². The maximum atomic E-state index is 11.0. The van der Waals surface area contributed by atoms with Crippen LogP contribution in [0.2, 0.25) is 0 Å². The summed E-state index contributed by atoms with van der Waals surface area (Å²) in [5, 5.41) is 11.4. The highest BCUT2D eigenvalue weighted by atomic mass is 16.5. The largest absolute Gasteiger partial charge is 0.453 e. The standard InChI is InChI=1S/C11H19NO3/c1-15-11(14)12-10-6-4-9(5-7-10)3-2-8-13/h2-3,9-10,13H,4-8H2,1H3,(H,12,14). The Morgan fingerprint density at radius 3 is 2.67 bits per heavy atom. The number of alkyl carbamates (subject to hydrolysis) is 1. The molecule has 0 radical (unpaired) electrons. The van der Waals surface area contributed by atoms with Crippen molar-refractivity contribution in [2.75, 3.05) is 13.7 Å². The number of carbonyl (C=O) groups is 1. The molecule has 0 aliphatic heterocycles. The third-order valence-electron chi connectivity index (χ3n) is 2.79. The molecule has 15 heavy (non-hydrogen) atoms. The van der Waals surface area contributed by atoms with Crippen LogP contribution in [0.4, 0.5) is 4.79 Å². The van der Waals surface area contributed by atoms with Gasteiger partial charge in [-0.25, -0.2) is 4.79 Å². The average Bonchev–Trinajstić information content (AvgIpc) is 2.28. The first-order valence-electron chi connectivity index (χ1n) is 5.38. The molecule has 86 valence electrons. The highest BCUT2D eigenvalue weighted by Gasteiger charge is 2.20. The average molecular weight is 213 g/mol. The van der Waals surface area contributed by atoms with E-state index in [1.807, 2.05) is 0 Å². The predicted molar refractivity (Wildman–Crippen MR) is 57.5 cm³/mol. The minimum absolute atomic E-state index is 0.111. The molecule has 0 aromatic carbocycles. The van der Waals surface area contributed by atoms with Gasteiger partial charge in [0.1, 0.15) is 0 Å². The van der Waals surface area contributed by atoms with Crippen molar-refractivity contribution in [3.63, 3.8) is 0 Å². The molecule has 0 aromatic rings. The summed E-state index contributed by atoms with van der Waals surface area (Å²) >= 11 is 0. The lowest BCUT2D eigenvalue weighted by molar-refractivity contribution is 0.162. The Balaban J connectivity index is 2.23. The molecule has 1 fully saturated rings. The number of aliphatic hydroxyl groups is 1. The van der Waals surface area contributed by atoms with Crippen LogP contribution in [0.25, 0.3) is 0 Å². The van der Waals surface area contributed by atoms with E-state index >= 15 is 0 Å². The zero-order valence-electron chi connectivity index (χ0n) is 9.11. The van der Waals surface area contributed by atoms with Gasteiger partial charge in [0.15, 0.2) is 0 Å². The number of hydrogen-bond donors (Lipinski definition) is 2. The summed E-state index contributed by atoms with van der Waals surface area (Å²) in [7, 11) is 1.38. The van der Waals surface area contributed by atoms with Gasteiger partial charge in [0.25, 0.3) is 0 Å². The molecule has 1 saturated carbocycles. The van der Waals surface area contributed by atoms with Crippen molar-refractivity contribution >= 4 is 6.09 Å². The van der Waals surface area contributed by atoms with E-state index in [4.69, 9.17) is 5.11 Å². The first-order chi connectivity index (χ1) is 7.26. The molecule has 4 nitrogen and oxygen atoms in total.